The fraction of sp³-hybridized carbons (Fsp3) is 0.435. The summed E-state index contributed by atoms with van der Waals surface area (Å²) in [7, 11) is 0. The van der Waals surface area contributed by atoms with Crippen LogP contribution in [0.15, 0.2) is 42.5 Å². The molecule has 2 aromatic carbocycles. The standard InChI is InChI=1S/C21H26N2O.C2H2O4/c24-21(20-12-6-8-17-7-4-5-11-19(17)20)23-15-13-22(14-16-23)18-9-2-1-3-10-18;3-1(4)2(5)6/h4-8,11-12,18H,1-3,9-10,13-16H2;(H,3,4)(H,5,6). The van der Waals surface area contributed by atoms with Gasteiger partial charge in [-0.05, 0) is 29.7 Å². The molecule has 30 heavy (non-hydrogen) atoms. The highest BCUT2D eigenvalue weighted by atomic mass is 16.4. The summed E-state index contributed by atoms with van der Waals surface area (Å²) in [6.45, 7) is 3.78. The molecule has 1 aliphatic carbocycles. The lowest BCUT2D eigenvalue weighted by Gasteiger charge is -2.40. The Labute approximate surface area is 175 Å². The number of benzene rings is 2. The second-order valence-electron chi connectivity index (χ2n) is 7.76. The normalized spacial score (nSPS) is 17.8. The Hall–Kier alpha value is -2.93. The molecule has 7 nitrogen and oxygen atoms in total. The summed E-state index contributed by atoms with van der Waals surface area (Å²) in [6.07, 6.45) is 6.84. The van der Waals surface area contributed by atoms with Gasteiger partial charge in [-0.2, -0.15) is 0 Å². The van der Waals surface area contributed by atoms with E-state index in [2.05, 4.69) is 23.1 Å². The van der Waals surface area contributed by atoms with Gasteiger partial charge >= 0.3 is 11.9 Å². The summed E-state index contributed by atoms with van der Waals surface area (Å²) in [5.74, 6) is -3.46. The topological polar surface area (TPSA) is 98.1 Å². The predicted molar refractivity (Wildman–Crippen MR) is 114 cm³/mol. The minimum atomic E-state index is -1.82. The van der Waals surface area contributed by atoms with Gasteiger partial charge in [0.05, 0.1) is 0 Å². The Morgan fingerprint density at radius 1 is 0.767 bits per heavy atom. The van der Waals surface area contributed by atoms with Crippen molar-refractivity contribution in [1.29, 1.82) is 0 Å². The molecule has 7 heteroatoms. The molecule has 1 heterocycles. The monoisotopic (exact) mass is 412 g/mol. The van der Waals surface area contributed by atoms with Crippen molar-refractivity contribution in [2.45, 2.75) is 38.1 Å². The molecule has 0 bridgehead atoms. The molecule has 4 rings (SSSR count). The van der Waals surface area contributed by atoms with Gasteiger partial charge in [-0.15, -0.1) is 0 Å². The molecule has 2 aliphatic rings. The van der Waals surface area contributed by atoms with E-state index >= 15 is 0 Å². The van der Waals surface area contributed by atoms with E-state index in [0.29, 0.717) is 0 Å². The fourth-order valence-corrected chi connectivity index (χ4v) is 4.32. The summed E-state index contributed by atoms with van der Waals surface area (Å²) in [4.78, 5) is 35.9. The van der Waals surface area contributed by atoms with Gasteiger partial charge in [-0.1, -0.05) is 55.7 Å². The van der Waals surface area contributed by atoms with Crippen molar-refractivity contribution >= 4 is 28.6 Å². The maximum absolute atomic E-state index is 13.0. The van der Waals surface area contributed by atoms with Crippen LogP contribution in [0.1, 0.15) is 42.5 Å². The lowest BCUT2D eigenvalue weighted by molar-refractivity contribution is -0.159. The van der Waals surface area contributed by atoms with E-state index in [9.17, 15) is 4.79 Å². The number of piperazine rings is 1. The van der Waals surface area contributed by atoms with Crippen LogP contribution in [-0.4, -0.2) is 70.1 Å². The predicted octanol–water partition coefficient (Wildman–Crippen LogP) is 3.09. The molecule has 1 amide bonds. The van der Waals surface area contributed by atoms with Crippen molar-refractivity contribution in [2.24, 2.45) is 0 Å². The summed E-state index contributed by atoms with van der Waals surface area (Å²) in [5.41, 5.74) is 0.846. The Morgan fingerprint density at radius 3 is 2.00 bits per heavy atom. The Morgan fingerprint density at radius 2 is 1.37 bits per heavy atom. The molecule has 2 fully saturated rings. The highest BCUT2D eigenvalue weighted by Gasteiger charge is 2.27. The zero-order valence-corrected chi connectivity index (χ0v) is 17.0. The van der Waals surface area contributed by atoms with Gasteiger partial charge < -0.3 is 15.1 Å². The van der Waals surface area contributed by atoms with Crippen LogP contribution in [0, 0.1) is 0 Å². The largest absolute Gasteiger partial charge is 0.473 e. The average molecular weight is 412 g/mol. The number of hydrogen-bond acceptors (Lipinski definition) is 4. The van der Waals surface area contributed by atoms with Gasteiger partial charge in [0.15, 0.2) is 0 Å². The quantitative estimate of drug-likeness (QED) is 0.736. The number of carbonyl (C=O) groups is 3. The molecule has 2 aromatic rings. The summed E-state index contributed by atoms with van der Waals surface area (Å²) < 4.78 is 0. The highest BCUT2D eigenvalue weighted by Crippen LogP contribution is 2.25. The molecular weight excluding hydrogens is 384 g/mol. The third-order valence-electron chi connectivity index (χ3n) is 5.90. The van der Waals surface area contributed by atoms with Gasteiger partial charge in [0.25, 0.3) is 5.91 Å². The third kappa shape index (κ3) is 5.36. The zero-order valence-electron chi connectivity index (χ0n) is 17.0. The molecule has 0 atom stereocenters. The first-order chi connectivity index (χ1) is 14.5. The van der Waals surface area contributed by atoms with Gasteiger partial charge in [0, 0.05) is 37.8 Å². The minimum absolute atomic E-state index is 0.190. The number of fused-ring (bicyclic) bond motifs is 1. The van der Waals surface area contributed by atoms with Crippen LogP contribution >= 0.6 is 0 Å². The van der Waals surface area contributed by atoms with Gasteiger partial charge in [-0.3, -0.25) is 9.69 Å². The van der Waals surface area contributed by atoms with Crippen LogP contribution in [0.3, 0.4) is 0 Å². The number of carboxylic acids is 2. The van der Waals surface area contributed by atoms with E-state index < -0.39 is 11.9 Å². The highest BCUT2D eigenvalue weighted by molar-refractivity contribution is 6.27. The van der Waals surface area contributed by atoms with Crippen molar-refractivity contribution in [1.82, 2.24) is 9.80 Å². The first-order valence-electron chi connectivity index (χ1n) is 10.4. The van der Waals surface area contributed by atoms with Crippen molar-refractivity contribution in [2.75, 3.05) is 26.2 Å². The lowest BCUT2D eigenvalue weighted by Crippen LogP contribution is -2.52. The van der Waals surface area contributed by atoms with Crippen LogP contribution in [0.2, 0.25) is 0 Å². The maximum Gasteiger partial charge on any atom is 0.414 e. The molecule has 1 saturated heterocycles. The van der Waals surface area contributed by atoms with Gasteiger partial charge in [0.2, 0.25) is 0 Å². The number of hydrogen-bond donors (Lipinski definition) is 2. The number of carbonyl (C=O) groups excluding carboxylic acids is 1. The minimum Gasteiger partial charge on any atom is -0.473 e. The van der Waals surface area contributed by atoms with Crippen LogP contribution in [0.5, 0.6) is 0 Å². The first kappa shape index (κ1) is 21.8. The van der Waals surface area contributed by atoms with E-state index in [0.717, 1.165) is 48.6 Å². The van der Waals surface area contributed by atoms with Crippen molar-refractivity contribution in [3.8, 4) is 0 Å². The Bertz CT molecular complexity index is 882. The van der Waals surface area contributed by atoms with Gasteiger partial charge in [0.1, 0.15) is 0 Å². The van der Waals surface area contributed by atoms with Crippen molar-refractivity contribution < 1.29 is 24.6 Å². The summed E-state index contributed by atoms with van der Waals surface area (Å²) >= 11 is 0. The van der Waals surface area contributed by atoms with Crippen LogP contribution < -0.4 is 0 Å². The Kier molecular flexibility index (Phi) is 7.41. The smallest absolute Gasteiger partial charge is 0.414 e. The SMILES string of the molecule is O=C(O)C(=O)O.O=C(c1cccc2ccccc12)N1CCN(C2CCCCC2)CC1. The maximum atomic E-state index is 13.0. The zero-order chi connectivity index (χ0) is 21.5. The van der Waals surface area contributed by atoms with Crippen molar-refractivity contribution in [3.63, 3.8) is 0 Å². The molecule has 0 radical (unpaired) electrons. The molecule has 1 aliphatic heterocycles. The Balaban J connectivity index is 0.000000377. The molecule has 0 spiro atoms. The molecule has 2 N–H and O–H groups in total. The first-order valence-corrected chi connectivity index (χ1v) is 10.4. The molecule has 1 saturated carbocycles. The van der Waals surface area contributed by atoms with E-state index in [1.165, 1.54) is 32.1 Å². The van der Waals surface area contributed by atoms with E-state index in [4.69, 9.17) is 19.8 Å². The second kappa shape index (κ2) is 10.2. The number of aliphatic carboxylic acids is 2. The number of carboxylic acid groups (broad SMARTS) is 2. The molecule has 0 unspecified atom stereocenters. The molecule has 0 aromatic heterocycles. The van der Waals surface area contributed by atoms with Gasteiger partial charge in [-0.25, -0.2) is 9.59 Å². The van der Waals surface area contributed by atoms with E-state index in [1.54, 1.807) is 0 Å². The van der Waals surface area contributed by atoms with Crippen LogP contribution in [-0.2, 0) is 9.59 Å². The number of amides is 1. The van der Waals surface area contributed by atoms with E-state index in [-0.39, 0.29) is 5.91 Å². The number of nitrogens with zero attached hydrogens (tertiary/aromatic N) is 2. The summed E-state index contributed by atoms with van der Waals surface area (Å²) in [5, 5.41) is 17.0. The molecule has 160 valence electrons. The third-order valence-corrected chi connectivity index (χ3v) is 5.90. The molecular formula is C23H28N2O5. The average Bonchev–Trinajstić information content (AvgIpc) is 2.79. The fourth-order valence-electron chi connectivity index (χ4n) is 4.32. The van der Waals surface area contributed by atoms with Crippen molar-refractivity contribution in [3.05, 3.63) is 48.0 Å². The van der Waals surface area contributed by atoms with Crippen LogP contribution in [0.4, 0.5) is 0 Å². The van der Waals surface area contributed by atoms with E-state index in [1.807, 2.05) is 29.2 Å². The number of rotatable bonds is 2. The lowest BCUT2D eigenvalue weighted by atomic mass is 9.94. The summed E-state index contributed by atoms with van der Waals surface area (Å²) in [6, 6.07) is 15.0. The van der Waals surface area contributed by atoms with Crippen LogP contribution in [0.25, 0.3) is 10.8 Å². The second-order valence-corrected chi connectivity index (χ2v) is 7.76.